The second-order valence-electron chi connectivity index (χ2n) is 7.15. The van der Waals surface area contributed by atoms with Gasteiger partial charge in [-0.15, -0.1) is 0 Å². The molecule has 1 aliphatic carbocycles. The highest BCUT2D eigenvalue weighted by Gasteiger charge is 2.29. The molecule has 0 heterocycles. The van der Waals surface area contributed by atoms with Crippen LogP contribution in [0.5, 0.6) is 0 Å². The molecular weight excluding hydrogens is 339 g/mol. The molecule has 0 bridgehead atoms. The number of nitrogens with one attached hydrogen (secondary N) is 1. The SMILES string of the molecule is O=C(CCN(Cc1cccc2ccccc12)C1CC1)Nc1cccc(F)c1. The number of hydrogen-bond acceptors (Lipinski definition) is 2. The highest BCUT2D eigenvalue weighted by atomic mass is 19.1. The van der Waals surface area contributed by atoms with Crippen molar-refractivity contribution in [3.8, 4) is 0 Å². The molecule has 4 rings (SSSR count). The molecule has 0 atom stereocenters. The van der Waals surface area contributed by atoms with Crippen molar-refractivity contribution in [3.63, 3.8) is 0 Å². The third-order valence-electron chi connectivity index (χ3n) is 5.05. The van der Waals surface area contributed by atoms with Gasteiger partial charge in [0, 0.05) is 31.2 Å². The van der Waals surface area contributed by atoms with Crippen molar-refractivity contribution in [3.05, 3.63) is 78.1 Å². The van der Waals surface area contributed by atoms with E-state index in [1.54, 1.807) is 12.1 Å². The normalized spacial score (nSPS) is 13.9. The van der Waals surface area contributed by atoms with Crippen molar-refractivity contribution in [1.82, 2.24) is 4.90 Å². The average Bonchev–Trinajstić information content (AvgIpc) is 3.50. The molecule has 0 aromatic heterocycles. The zero-order chi connectivity index (χ0) is 18.6. The summed E-state index contributed by atoms with van der Waals surface area (Å²) in [7, 11) is 0. The Hall–Kier alpha value is -2.72. The van der Waals surface area contributed by atoms with Crippen molar-refractivity contribution in [2.45, 2.75) is 31.8 Å². The number of fused-ring (bicyclic) bond motifs is 1. The summed E-state index contributed by atoms with van der Waals surface area (Å²) < 4.78 is 13.3. The molecule has 4 heteroatoms. The number of anilines is 1. The summed E-state index contributed by atoms with van der Waals surface area (Å²) in [5, 5.41) is 5.30. The van der Waals surface area contributed by atoms with E-state index in [4.69, 9.17) is 0 Å². The second kappa shape index (κ2) is 7.89. The quantitative estimate of drug-likeness (QED) is 0.643. The van der Waals surface area contributed by atoms with E-state index in [0.29, 0.717) is 24.7 Å². The van der Waals surface area contributed by atoms with Gasteiger partial charge in [0.15, 0.2) is 0 Å². The van der Waals surface area contributed by atoms with Gasteiger partial charge in [-0.2, -0.15) is 0 Å². The number of nitrogens with zero attached hydrogens (tertiary/aromatic N) is 1. The fraction of sp³-hybridized carbons (Fsp3) is 0.261. The minimum Gasteiger partial charge on any atom is -0.326 e. The minimum atomic E-state index is -0.344. The summed E-state index contributed by atoms with van der Waals surface area (Å²) in [4.78, 5) is 14.7. The molecule has 1 N–H and O–H groups in total. The Labute approximate surface area is 158 Å². The molecular formula is C23H23FN2O. The summed E-state index contributed by atoms with van der Waals surface area (Å²) in [5.41, 5.74) is 1.80. The highest BCUT2D eigenvalue weighted by Crippen LogP contribution is 2.30. The van der Waals surface area contributed by atoms with Crippen LogP contribution in [0.4, 0.5) is 10.1 Å². The van der Waals surface area contributed by atoms with Crippen LogP contribution in [0.1, 0.15) is 24.8 Å². The predicted molar refractivity (Wildman–Crippen MR) is 107 cm³/mol. The first-order valence-corrected chi connectivity index (χ1v) is 9.45. The molecule has 138 valence electrons. The van der Waals surface area contributed by atoms with Gasteiger partial charge in [-0.05, 0) is 47.4 Å². The number of carbonyl (C=O) groups is 1. The largest absolute Gasteiger partial charge is 0.326 e. The number of hydrogen-bond donors (Lipinski definition) is 1. The molecule has 0 aliphatic heterocycles. The fourth-order valence-electron chi connectivity index (χ4n) is 3.51. The maximum atomic E-state index is 13.3. The Bertz CT molecular complexity index is 947. The van der Waals surface area contributed by atoms with Gasteiger partial charge >= 0.3 is 0 Å². The van der Waals surface area contributed by atoms with E-state index in [9.17, 15) is 9.18 Å². The minimum absolute atomic E-state index is 0.0795. The molecule has 3 nitrogen and oxygen atoms in total. The Morgan fingerprint density at radius 1 is 1.04 bits per heavy atom. The van der Waals surface area contributed by atoms with Gasteiger partial charge in [-0.1, -0.05) is 48.5 Å². The first-order chi connectivity index (χ1) is 13.2. The summed E-state index contributed by atoms with van der Waals surface area (Å²) in [6.07, 6.45) is 2.78. The molecule has 0 unspecified atom stereocenters. The number of carbonyl (C=O) groups excluding carboxylic acids is 1. The Morgan fingerprint density at radius 2 is 1.81 bits per heavy atom. The standard InChI is InChI=1S/C23H23FN2O/c24-19-8-4-9-20(15-19)25-23(27)13-14-26(21-11-12-21)16-18-7-3-6-17-5-1-2-10-22(17)18/h1-10,15,21H,11-14,16H2,(H,25,27). The summed E-state index contributed by atoms with van der Waals surface area (Å²) in [6, 6.07) is 21.4. The maximum absolute atomic E-state index is 13.3. The van der Waals surface area contributed by atoms with Crippen LogP contribution < -0.4 is 5.32 Å². The number of rotatable bonds is 7. The molecule has 3 aromatic carbocycles. The predicted octanol–water partition coefficient (Wildman–Crippen LogP) is 4.97. The van der Waals surface area contributed by atoms with Gasteiger partial charge in [-0.25, -0.2) is 4.39 Å². The number of amides is 1. The van der Waals surface area contributed by atoms with E-state index < -0.39 is 0 Å². The molecule has 3 aromatic rings. The summed E-state index contributed by atoms with van der Waals surface area (Å²) in [6.45, 7) is 1.55. The summed E-state index contributed by atoms with van der Waals surface area (Å²) >= 11 is 0. The van der Waals surface area contributed by atoms with Gasteiger partial charge in [0.1, 0.15) is 5.82 Å². The molecule has 1 amide bonds. The Morgan fingerprint density at radius 3 is 2.63 bits per heavy atom. The van der Waals surface area contributed by atoms with Gasteiger partial charge in [0.2, 0.25) is 5.91 Å². The van der Waals surface area contributed by atoms with Crippen LogP contribution in [0.25, 0.3) is 10.8 Å². The van der Waals surface area contributed by atoms with E-state index in [-0.39, 0.29) is 11.7 Å². The second-order valence-corrected chi connectivity index (χ2v) is 7.15. The molecule has 1 saturated carbocycles. The van der Waals surface area contributed by atoms with Crippen molar-refractivity contribution in [1.29, 1.82) is 0 Å². The van der Waals surface area contributed by atoms with Crippen molar-refractivity contribution in [2.24, 2.45) is 0 Å². The van der Waals surface area contributed by atoms with Gasteiger partial charge in [-0.3, -0.25) is 9.69 Å². The van der Waals surface area contributed by atoms with E-state index in [1.165, 1.54) is 41.3 Å². The van der Waals surface area contributed by atoms with Crippen LogP contribution in [0, 0.1) is 5.82 Å². The highest BCUT2D eigenvalue weighted by molar-refractivity contribution is 5.90. The third-order valence-corrected chi connectivity index (χ3v) is 5.05. The van der Waals surface area contributed by atoms with Crippen LogP contribution in [0.2, 0.25) is 0 Å². The first kappa shape index (κ1) is 17.7. The molecule has 1 aliphatic rings. The van der Waals surface area contributed by atoms with E-state index in [1.807, 2.05) is 0 Å². The topological polar surface area (TPSA) is 32.3 Å². The lowest BCUT2D eigenvalue weighted by atomic mass is 10.0. The van der Waals surface area contributed by atoms with Crippen LogP contribution in [-0.2, 0) is 11.3 Å². The Kier molecular flexibility index (Phi) is 5.16. The lowest BCUT2D eigenvalue weighted by Crippen LogP contribution is -2.29. The first-order valence-electron chi connectivity index (χ1n) is 9.45. The van der Waals surface area contributed by atoms with Crippen LogP contribution in [0.3, 0.4) is 0 Å². The molecule has 1 fully saturated rings. The smallest absolute Gasteiger partial charge is 0.225 e. The molecule has 0 saturated heterocycles. The van der Waals surface area contributed by atoms with Crippen LogP contribution in [-0.4, -0.2) is 23.4 Å². The van der Waals surface area contributed by atoms with E-state index in [0.717, 1.165) is 6.54 Å². The average molecular weight is 362 g/mol. The summed E-state index contributed by atoms with van der Waals surface area (Å²) in [5.74, 6) is -0.424. The van der Waals surface area contributed by atoms with E-state index >= 15 is 0 Å². The monoisotopic (exact) mass is 362 g/mol. The lowest BCUT2D eigenvalue weighted by Gasteiger charge is -2.22. The van der Waals surface area contributed by atoms with Crippen LogP contribution >= 0.6 is 0 Å². The maximum Gasteiger partial charge on any atom is 0.225 e. The van der Waals surface area contributed by atoms with Gasteiger partial charge in [0.25, 0.3) is 0 Å². The third kappa shape index (κ3) is 4.52. The molecule has 27 heavy (non-hydrogen) atoms. The van der Waals surface area contributed by atoms with Crippen molar-refractivity contribution >= 4 is 22.4 Å². The Balaban J connectivity index is 1.40. The van der Waals surface area contributed by atoms with E-state index in [2.05, 4.69) is 52.7 Å². The van der Waals surface area contributed by atoms with Gasteiger partial charge < -0.3 is 5.32 Å². The zero-order valence-electron chi connectivity index (χ0n) is 15.2. The van der Waals surface area contributed by atoms with Crippen LogP contribution in [0.15, 0.2) is 66.7 Å². The van der Waals surface area contributed by atoms with Crippen molar-refractivity contribution < 1.29 is 9.18 Å². The number of benzene rings is 3. The fourth-order valence-corrected chi connectivity index (χ4v) is 3.51. The molecule has 0 spiro atoms. The number of halogens is 1. The van der Waals surface area contributed by atoms with Crippen molar-refractivity contribution in [2.75, 3.05) is 11.9 Å². The lowest BCUT2D eigenvalue weighted by molar-refractivity contribution is -0.116. The zero-order valence-corrected chi connectivity index (χ0v) is 15.2. The molecule has 0 radical (unpaired) electrons. The van der Waals surface area contributed by atoms with Gasteiger partial charge in [0.05, 0.1) is 0 Å².